The molecule has 6 N–H and O–H groups in total. The van der Waals surface area contributed by atoms with Gasteiger partial charge in [0, 0.05) is 9.82 Å². The van der Waals surface area contributed by atoms with Gasteiger partial charge in [0.05, 0.1) is 16.9 Å². The fraction of sp³-hybridized carbons (Fsp3) is 0. The van der Waals surface area contributed by atoms with E-state index in [1.165, 1.54) is 0 Å². The summed E-state index contributed by atoms with van der Waals surface area (Å²) in [6, 6.07) is 1.92. The van der Waals surface area contributed by atoms with Gasteiger partial charge in [-0.25, -0.2) is 0 Å². The minimum atomic E-state index is -1.31. The molecule has 0 aliphatic carbocycles. The summed E-state index contributed by atoms with van der Waals surface area (Å²) in [5, 5.41) is 64.3. The van der Waals surface area contributed by atoms with Crippen molar-refractivity contribution in [1.82, 2.24) is 0 Å². The lowest BCUT2D eigenvalue weighted by Gasteiger charge is -2.13. The van der Waals surface area contributed by atoms with Crippen LogP contribution < -0.4 is 0 Å². The Balaban J connectivity index is 2.79. The molecule has 13 heteroatoms. The first-order valence-electron chi connectivity index (χ1n) is 6.45. The van der Waals surface area contributed by atoms with Crippen molar-refractivity contribution in [2.75, 3.05) is 0 Å². The smallest absolute Gasteiger partial charge is 0.208 e. The van der Waals surface area contributed by atoms with E-state index < -0.39 is 57.1 Å². The lowest BCUT2D eigenvalue weighted by Crippen LogP contribution is -2.03. The second-order valence-corrected chi connectivity index (χ2v) is 4.66. The average Bonchev–Trinajstić information content (AvgIpc) is 2.61. The summed E-state index contributed by atoms with van der Waals surface area (Å²) in [7, 11) is 0. The van der Waals surface area contributed by atoms with Gasteiger partial charge in [-0.2, -0.15) is 0 Å². The highest BCUT2D eigenvalue weighted by atomic mass is 16.4. The van der Waals surface area contributed by atoms with E-state index in [-0.39, 0.29) is 5.69 Å². The van der Waals surface area contributed by atoms with Crippen molar-refractivity contribution in [2.24, 2.45) is 10.2 Å². The Morgan fingerprint density at radius 2 is 1.27 bits per heavy atom. The van der Waals surface area contributed by atoms with E-state index >= 15 is 0 Å². The SMILES string of the molecule is [N-]=[N+]=Nc1ccc(C(=O)c2c(O)c(O)c(O)c(O)c2O)c(O)c1N=[N+]=[N-]. The molecule has 26 heavy (non-hydrogen) atoms. The van der Waals surface area contributed by atoms with Gasteiger partial charge in [-0.05, 0) is 17.1 Å². The molecule has 0 radical (unpaired) electrons. The molecule has 0 heterocycles. The summed E-state index contributed by atoms with van der Waals surface area (Å²) >= 11 is 0. The fourth-order valence-electron chi connectivity index (χ4n) is 2.06. The van der Waals surface area contributed by atoms with Gasteiger partial charge in [0.25, 0.3) is 0 Å². The summed E-state index contributed by atoms with van der Waals surface area (Å²) < 4.78 is 0. The topological polar surface area (TPSA) is 236 Å². The first-order valence-corrected chi connectivity index (χ1v) is 6.45. The number of aromatic hydroxyl groups is 6. The van der Waals surface area contributed by atoms with Crippen LogP contribution in [-0.2, 0) is 0 Å². The monoisotopic (exact) mass is 360 g/mol. The number of rotatable bonds is 4. The first-order chi connectivity index (χ1) is 12.3. The lowest BCUT2D eigenvalue weighted by atomic mass is 9.98. The Morgan fingerprint density at radius 1 is 0.769 bits per heavy atom. The van der Waals surface area contributed by atoms with Crippen molar-refractivity contribution in [1.29, 1.82) is 0 Å². The molecule has 0 atom stereocenters. The van der Waals surface area contributed by atoms with Crippen LogP contribution in [0.4, 0.5) is 11.4 Å². The molecule has 0 aromatic heterocycles. The molecule has 0 saturated carbocycles. The van der Waals surface area contributed by atoms with E-state index in [4.69, 9.17) is 11.1 Å². The Hall–Kier alpha value is -4.47. The van der Waals surface area contributed by atoms with Gasteiger partial charge in [0.1, 0.15) is 11.3 Å². The number of benzene rings is 2. The molecule has 2 rings (SSSR count). The minimum Gasteiger partial charge on any atom is -0.507 e. The normalized spacial score (nSPS) is 9.85. The molecular formula is C13H8N6O7. The van der Waals surface area contributed by atoms with Gasteiger partial charge in [-0.3, -0.25) is 4.79 Å². The van der Waals surface area contributed by atoms with Crippen molar-refractivity contribution in [3.05, 3.63) is 44.1 Å². The Bertz CT molecular complexity index is 1010. The van der Waals surface area contributed by atoms with Gasteiger partial charge in [-0.1, -0.05) is 16.3 Å². The Labute approximate surface area is 142 Å². The van der Waals surface area contributed by atoms with Gasteiger partial charge in [0.15, 0.2) is 11.5 Å². The highest BCUT2D eigenvalue weighted by Gasteiger charge is 2.30. The van der Waals surface area contributed by atoms with E-state index in [0.29, 0.717) is 0 Å². The molecule has 0 aliphatic rings. The van der Waals surface area contributed by atoms with Crippen LogP contribution in [0.15, 0.2) is 22.4 Å². The van der Waals surface area contributed by atoms with Crippen molar-refractivity contribution in [3.63, 3.8) is 0 Å². The van der Waals surface area contributed by atoms with Crippen LogP contribution in [0, 0.1) is 0 Å². The summed E-state index contributed by atoms with van der Waals surface area (Å²) in [5.41, 5.74) is 14.4. The van der Waals surface area contributed by atoms with Gasteiger partial charge < -0.3 is 30.6 Å². The van der Waals surface area contributed by atoms with Gasteiger partial charge in [0.2, 0.25) is 23.0 Å². The minimum absolute atomic E-state index is 0.316. The van der Waals surface area contributed by atoms with E-state index in [2.05, 4.69) is 20.1 Å². The van der Waals surface area contributed by atoms with Crippen LogP contribution in [0.25, 0.3) is 20.9 Å². The zero-order valence-corrected chi connectivity index (χ0v) is 12.4. The maximum absolute atomic E-state index is 12.5. The lowest BCUT2D eigenvalue weighted by molar-refractivity contribution is 0.102. The maximum atomic E-state index is 12.5. The first kappa shape index (κ1) is 17.9. The number of nitrogens with zero attached hydrogens (tertiary/aromatic N) is 6. The largest absolute Gasteiger partial charge is 0.507 e. The number of phenols is 6. The maximum Gasteiger partial charge on any atom is 0.208 e. The molecule has 0 amide bonds. The third-order valence-electron chi connectivity index (χ3n) is 3.27. The molecule has 0 saturated heterocycles. The molecule has 2 aromatic carbocycles. The molecule has 13 nitrogen and oxygen atoms in total. The molecule has 0 unspecified atom stereocenters. The molecule has 132 valence electrons. The van der Waals surface area contributed by atoms with Crippen molar-refractivity contribution in [2.45, 2.75) is 0 Å². The van der Waals surface area contributed by atoms with E-state index in [9.17, 15) is 35.4 Å². The number of ketones is 1. The van der Waals surface area contributed by atoms with Crippen LogP contribution in [0.1, 0.15) is 15.9 Å². The second-order valence-electron chi connectivity index (χ2n) is 4.66. The molecule has 0 fully saturated rings. The zero-order valence-electron chi connectivity index (χ0n) is 12.4. The predicted molar refractivity (Wildman–Crippen MR) is 83.9 cm³/mol. The Kier molecular flexibility index (Phi) is 4.52. The van der Waals surface area contributed by atoms with Gasteiger partial charge >= 0.3 is 0 Å². The third kappa shape index (κ3) is 2.63. The number of hydrogen-bond donors (Lipinski definition) is 6. The molecule has 0 spiro atoms. The number of azide groups is 2. The molecular weight excluding hydrogens is 352 g/mol. The summed E-state index contributed by atoms with van der Waals surface area (Å²) in [4.78, 5) is 17.4. The van der Waals surface area contributed by atoms with E-state index in [0.717, 1.165) is 12.1 Å². The van der Waals surface area contributed by atoms with Gasteiger partial charge in [-0.15, -0.1) is 0 Å². The predicted octanol–water partition coefficient (Wildman–Crippen LogP) is 3.03. The zero-order chi connectivity index (χ0) is 19.6. The number of hydrogen-bond acceptors (Lipinski definition) is 9. The van der Waals surface area contributed by atoms with Crippen molar-refractivity contribution in [3.8, 4) is 34.5 Å². The average molecular weight is 360 g/mol. The fourth-order valence-corrected chi connectivity index (χ4v) is 2.06. The number of phenolic OH excluding ortho intramolecular Hbond substituents is 6. The standard InChI is InChI=1S/C13H8N6O7/c14-18-16-4-2-1-3(8(21)6(4)17-19-15)7(20)5-9(22)11(24)13(26)12(25)10(5)23/h1-2,21-26H. The van der Waals surface area contributed by atoms with Crippen LogP contribution in [0.3, 0.4) is 0 Å². The van der Waals surface area contributed by atoms with Crippen LogP contribution in [-0.4, -0.2) is 36.4 Å². The number of carbonyl (C=O) groups excluding carboxylic acids is 1. The number of carbonyl (C=O) groups is 1. The summed E-state index contributed by atoms with van der Waals surface area (Å²) in [5.74, 6) is -8.66. The quantitative estimate of drug-likeness (QED) is 0.119. The van der Waals surface area contributed by atoms with Crippen molar-refractivity contribution < 1.29 is 35.4 Å². The highest BCUT2D eigenvalue weighted by molar-refractivity contribution is 6.16. The molecule has 0 bridgehead atoms. The van der Waals surface area contributed by atoms with E-state index in [1.807, 2.05) is 0 Å². The van der Waals surface area contributed by atoms with Crippen LogP contribution >= 0.6 is 0 Å². The Morgan fingerprint density at radius 3 is 1.77 bits per heavy atom. The van der Waals surface area contributed by atoms with Crippen LogP contribution in [0.2, 0.25) is 0 Å². The van der Waals surface area contributed by atoms with E-state index in [1.54, 1.807) is 0 Å². The molecule has 2 aromatic rings. The highest BCUT2D eigenvalue weighted by Crippen LogP contribution is 2.52. The second kappa shape index (κ2) is 6.57. The molecule has 0 aliphatic heterocycles. The van der Waals surface area contributed by atoms with Crippen molar-refractivity contribution >= 4 is 17.2 Å². The summed E-state index contributed by atoms with van der Waals surface area (Å²) in [6.45, 7) is 0. The third-order valence-corrected chi connectivity index (χ3v) is 3.27. The van der Waals surface area contributed by atoms with Crippen LogP contribution in [0.5, 0.6) is 34.5 Å². The summed E-state index contributed by atoms with van der Waals surface area (Å²) in [6.07, 6.45) is 0.